The first-order chi connectivity index (χ1) is 12.6. The zero-order valence-electron chi connectivity index (χ0n) is 13.8. The lowest BCUT2D eigenvalue weighted by Crippen LogP contribution is -2.12. The van der Waals surface area contributed by atoms with Gasteiger partial charge in [-0.05, 0) is 35.9 Å². The zero-order valence-corrected chi connectivity index (χ0v) is 14.6. The number of primary sulfonamides is 1. The summed E-state index contributed by atoms with van der Waals surface area (Å²) in [5.74, 6) is 0. The predicted molar refractivity (Wildman–Crippen MR) is 95.5 cm³/mol. The molecule has 1 aromatic heterocycles. The van der Waals surface area contributed by atoms with Crippen LogP contribution < -0.4 is 5.14 Å². The molecule has 27 heavy (non-hydrogen) atoms. The van der Waals surface area contributed by atoms with Crippen molar-refractivity contribution in [2.75, 3.05) is 0 Å². The zero-order chi connectivity index (χ0) is 19.8. The van der Waals surface area contributed by atoms with Gasteiger partial charge in [0.2, 0.25) is 10.0 Å². The van der Waals surface area contributed by atoms with Crippen LogP contribution in [0.5, 0.6) is 0 Å². The predicted octanol–water partition coefficient (Wildman–Crippen LogP) is 3.85. The summed E-state index contributed by atoms with van der Waals surface area (Å²) in [7, 11) is -3.92. The van der Waals surface area contributed by atoms with Gasteiger partial charge in [0.05, 0.1) is 16.3 Å². The molecule has 2 N–H and O–H groups in total. The maximum absolute atomic E-state index is 13.2. The fourth-order valence-electron chi connectivity index (χ4n) is 2.59. The van der Waals surface area contributed by atoms with Crippen molar-refractivity contribution in [2.24, 2.45) is 5.14 Å². The number of nitrogens with zero attached hydrogens (tertiary/aromatic N) is 2. The van der Waals surface area contributed by atoms with Gasteiger partial charge >= 0.3 is 6.18 Å². The Bertz CT molecular complexity index is 1100. The van der Waals surface area contributed by atoms with Crippen LogP contribution in [0.25, 0.3) is 23.0 Å². The van der Waals surface area contributed by atoms with E-state index < -0.39 is 21.9 Å². The van der Waals surface area contributed by atoms with Gasteiger partial charge in [-0.3, -0.25) is 0 Å². The number of aromatic nitrogens is 2. The number of hydrogen-bond acceptors (Lipinski definition) is 3. The maximum Gasteiger partial charge on any atom is 0.435 e. The van der Waals surface area contributed by atoms with Gasteiger partial charge in [0.25, 0.3) is 0 Å². The van der Waals surface area contributed by atoms with Gasteiger partial charge in [-0.15, -0.1) is 0 Å². The molecule has 1 heterocycles. The molecule has 0 radical (unpaired) electrons. The molecule has 9 heteroatoms. The molecule has 0 saturated heterocycles. The van der Waals surface area contributed by atoms with Crippen LogP contribution >= 0.6 is 0 Å². The molecule has 0 amide bonds. The summed E-state index contributed by atoms with van der Waals surface area (Å²) in [6, 6.07) is 12.9. The van der Waals surface area contributed by atoms with E-state index in [0.717, 1.165) is 10.7 Å². The normalized spacial score (nSPS) is 12.1. The largest absolute Gasteiger partial charge is 0.435 e. The SMILES string of the molecule is C=Cc1ccccc1-c1cc(C(F)(F)F)nn1-c1ccc(S(N)(=O)=O)cc1. The van der Waals surface area contributed by atoms with Crippen LogP contribution in [0.1, 0.15) is 11.3 Å². The highest BCUT2D eigenvalue weighted by molar-refractivity contribution is 7.89. The Labute approximate surface area is 153 Å². The third-order valence-electron chi connectivity index (χ3n) is 3.87. The fourth-order valence-corrected chi connectivity index (χ4v) is 3.11. The van der Waals surface area contributed by atoms with Crippen LogP contribution in [0.2, 0.25) is 0 Å². The lowest BCUT2D eigenvalue weighted by atomic mass is 10.0. The quantitative estimate of drug-likeness (QED) is 0.731. The number of halogens is 3. The first kappa shape index (κ1) is 18.9. The van der Waals surface area contributed by atoms with Crippen molar-refractivity contribution in [1.82, 2.24) is 9.78 Å². The molecule has 0 spiro atoms. The summed E-state index contributed by atoms with van der Waals surface area (Å²) in [4.78, 5) is -0.150. The maximum atomic E-state index is 13.2. The second-order valence-corrected chi connectivity index (χ2v) is 7.22. The van der Waals surface area contributed by atoms with Crippen molar-refractivity contribution in [3.05, 3.63) is 72.4 Å². The first-order valence-corrected chi connectivity index (χ1v) is 9.18. The molecule has 5 nitrogen and oxygen atoms in total. The smallest absolute Gasteiger partial charge is 0.232 e. The molecule has 0 aliphatic carbocycles. The van der Waals surface area contributed by atoms with E-state index in [1.54, 1.807) is 24.3 Å². The summed E-state index contributed by atoms with van der Waals surface area (Å²) in [5, 5.41) is 8.73. The van der Waals surface area contributed by atoms with Crippen LogP contribution in [-0.2, 0) is 16.2 Å². The molecule has 3 rings (SSSR count). The molecule has 0 bridgehead atoms. The van der Waals surface area contributed by atoms with Crippen molar-refractivity contribution >= 4 is 16.1 Å². The lowest BCUT2D eigenvalue weighted by molar-refractivity contribution is -0.141. The van der Waals surface area contributed by atoms with E-state index in [2.05, 4.69) is 11.7 Å². The highest BCUT2D eigenvalue weighted by Crippen LogP contribution is 2.34. The highest BCUT2D eigenvalue weighted by atomic mass is 32.2. The summed E-state index contributed by atoms with van der Waals surface area (Å²) >= 11 is 0. The summed E-state index contributed by atoms with van der Waals surface area (Å²) < 4.78 is 63.5. The Morgan fingerprint density at radius 2 is 1.70 bits per heavy atom. The molecule has 3 aromatic rings. The average Bonchev–Trinajstić information content (AvgIpc) is 3.06. The Kier molecular flexibility index (Phi) is 4.66. The van der Waals surface area contributed by atoms with Gasteiger partial charge in [-0.1, -0.05) is 36.9 Å². The van der Waals surface area contributed by atoms with Crippen molar-refractivity contribution in [2.45, 2.75) is 11.1 Å². The standard InChI is InChI=1S/C18H14F3N3O2S/c1-2-12-5-3-4-6-15(12)16-11-17(18(19,20)21)23-24(16)13-7-9-14(10-8-13)27(22,25)26/h2-11H,1H2,(H2,22,25,26). The van der Waals surface area contributed by atoms with E-state index in [0.29, 0.717) is 11.1 Å². The van der Waals surface area contributed by atoms with Crippen molar-refractivity contribution in [1.29, 1.82) is 0 Å². The number of alkyl halides is 3. The van der Waals surface area contributed by atoms with Gasteiger partial charge in [0, 0.05) is 5.56 Å². The van der Waals surface area contributed by atoms with Crippen molar-refractivity contribution < 1.29 is 21.6 Å². The van der Waals surface area contributed by atoms with Crippen molar-refractivity contribution in [3.8, 4) is 16.9 Å². The topological polar surface area (TPSA) is 78.0 Å². The number of hydrogen-bond donors (Lipinski definition) is 1. The Morgan fingerprint density at radius 1 is 1.07 bits per heavy atom. The molecule has 2 aromatic carbocycles. The van der Waals surface area contributed by atoms with E-state index in [1.807, 2.05) is 0 Å². The molecule has 0 aliphatic rings. The van der Waals surface area contributed by atoms with E-state index >= 15 is 0 Å². The number of sulfonamides is 1. The minimum atomic E-state index is -4.64. The molecule has 0 unspecified atom stereocenters. The summed E-state index contributed by atoms with van der Waals surface area (Å²) in [6.45, 7) is 3.68. The van der Waals surface area contributed by atoms with E-state index in [1.165, 1.54) is 30.3 Å². The first-order valence-electron chi connectivity index (χ1n) is 7.63. The molecular formula is C18H14F3N3O2S. The van der Waals surface area contributed by atoms with Crippen LogP contribution in [0, 0.1) is 0 Å². The minimum Gasteiger partial charge on any atom is -0.232 e. The van der Waals surface area contributed by atoms with E-state index in [4.69, 9.17) is 5.14 Å². The Morgan fingerprint density at radius 3 is 2.26 bits per heavy atom. The molecule has 0 aliphatic heterocycles. The number of benzene rings is 2. The lowest BCUT2D eigenvalue weighted by Gasteiger charge is -2.10. The third kappa shape index (κ3) is 3.79. The van der Waals surface area contributed by atoms with Gasteiger partial charge in [-0.25, -0.2) is 18.2 Å². The monoisotopic (exact) mass is 393 g/mol. The van der Waals surface area contributed by atoms with E-state index in [-0.39, 0.29) is 16.3 Å². The third-order valence-corrected chi connectivity index (χ3v) is 4.80. The molecule has 0 fully saturated rings. The summed E-state index contributed by atoms with van der Waals surface area (Å²) in [5.41, 5.74) is 0.527. The van der Waals surface area contributed by atoms with Crippen LogP contribution in [-0.4, -0.2) is 18.2 Å². The Hall–Kier alpha value is -2.91. The van der Waals surface area contributed by atoms with Gasteiger partial charge in [0.15, 0.2) is 5.69 Å². The second kappa shape index (κ2) is 6.67. The second-order valence-electron chi connectivity index (χ2n) is 5.65. The fraction of sp³-hybridized carbons (Fsp3) is 0.0556. The minimum absolute atomic E-state index is 0.150. The highest BCUT2D eigenvalue weighted by Gasteiger charge is 2.35. The molecule has 0 atom stereocenters. The van der Waals surface area contributed by atoms with Crippen LogP contribution in [0.4, 0.5) is 13.2 Å². The van der Waals surface area contributed by atoms with Crippen LogP contribution in [0.15, 0.2) is 66.1 Å². The van der Waals surface area contributed by atoms with Gasteiger partial charge in [-0.2, -0.15) is 18.3 Å². The van der Waals surface area contributed by atoms with Gasteiger partial charge in [0.1, 0.15) is 0 Å². The Balaban J connectivity index is 2.23. The van der Waals surface area contributed by atoms with E-state index in [9.17, 15) is 21.6 Å². The molecular weight excluding hydrogens is 379 g/mol. The number of rotatable bonds is 4. The summed E-state index contributed by atoms with van der Waals surface area (Å²) in [6.07, 6.45) is -3.10. The van der Waals surface area contributed by atoms with Gasteiger partial charge < -0.3 is 0 Å². The average molecular weight is 393 g/mol. The number of nitrogens with two attached hydrogens (primary N) is 1. The molecule has 0 saturated carbocycles. The molecule has 140 valence electrons. The van der Waals surface area contributed by atoms with Crippen LogP contribution in [0.3, 0.4) is 0 Å². The van der Waals surface area contributed by atoms with Crippen molar-refractivity contribution in [3.63, 3.8) is 0 Å².